The second kappa shape index (κ2) is 9.20. The number of guanidine groups is 1. The molecule has 26 heavy (non-hydrogen) atoms. The van der Waals surface area contributed by atoms with Gasteiger partial charge in [-0.05, 0) is 37.5 Å². The van der Waals surface area contributed by atoms with Crippen molar-refractivity contribution in [3.63, 3.8) is 0 Å². The van der Waals surface area contributed by atoms with Gasteiger partial charge < -0.3 is 15.4 Å². The van der Waals surface area contributed by atoms with Crippen LogP contribution in [0, 0.1) is 5.41 Å². The topological polar surface area (TPSA) is 48.9 Å². The van der Waals surface area contributed by atoms with E-state index in [1.807, 2.05) is 0 Å². The molecule has 2 aliphatic heterocycles. The molecule has 0 radical (unpaired) electrons. The monoisotopic (exact) mass is 422 g/mol. The van der Waals surface area contributed by atoms with Crippen LogP contribution in [0.3, 0.4) is 0 Å². The summed E-state index contributed by atoms with van der Waals surface area (Å²) in [5.41, 5.74) is 1.60. The van der Waals surface area contributed by atoms with Gasteiger partial charge in [-0.15, -0.1) is 0 Å². The Balaban J connectivity index is 1.45. The number of benzene rings is 1. The van der Waals surface area contributed by atoms with Crippen molar-refractivity contribution in [1.82, 2.24) is 15.5 Å². The Morgan fingerprint density at radius 3 is 2.54 bits per heavy atom. The van der Waals surface area contributed by atoms with Crippen molar-refractivity contribution < 1.29 is 4.74 Å². The van der Waals surface area contributed by atoms with Crippen LogP contribution in [0.5, 0.6) is 0 Å². The molecule has 0 amide bonds. The van der Waals surface area contributed by atoms with Crippen LogP contribution in [0.15, 0.2) is 33.7 Å². The van der Waals surface area contributed by atoms with Gasteiger partial charge in [0.1, 0.15) is 0 Å². The number of nitrogens with zero attached hydrogens (tertiary/aromatic N) is 2. The van der Waals surface area contributed by atoms with Gasteiger partial charge in [-0.3, -0.25) is 9.89 Å². The molecule has 2 heterocycles. The highest BCUT2D eigenvalue weighted by molar-refractivity contribution is 9.10. The van der Waals surface area contributed by atoms with E-state index in [1.165, 1.54) is 5.56 Å². The van der Waals surface area contributed by atoms with Crippen molar-refractivity contribution in [2.24, 2.45) is 10.4 Å². The van der Waals surface area contributed by atoms with Gasteiger partial charge in [0.05, 0.1) is 19.8 Å². The largest absolute Gasteiger partial charge is 0.380 e. The Hall–Kier alpha value is -1.11. The van der Waals surface area contributed by atoms with Crippen molar-refractivity contribution in [3.8, 4) is 0 Å². The standard InChI is InChI=1S/C20H31BrN4O/c1-3-22-19(23-13-20(2)14-26-15-20)24-18-8-10-25(11-9-18)12-16-4-6-17(21)7-5-16/h4-7,18H,3,8-15H2,1-2H3,(H2,22,23,24). The SMILES string of the molecule is CCNC(=NCC1(C)COC1)NC1CCN(Cc2ccc(Br)cc2)CC1. The van der Waals surface area contributed by atoms with E-state index in [2.05, 4.69) is 69.6 Å². The lowest BCUT2D eigenvalue weighted by atomic mass is 9.89. The second-order valence-electron chi connectivity index (χ2n) is 7.82. The van der Waals surface area contributed by atoms with E-state index in [4.69, 9.17) is 9.73 Å². The van der Waals surface area contributed by atoms with E-state index >= 15 is 0 Å². The van der Waals surface area contributed by atoms with Gasteiger partial charge in [-0.1, -0.05) is 35.0 Å². The summed E-state index contributed by atoms with van der Waals surface area (Å²) >= 11 is 3.50. The summed E-state index contributed by atoms with van der Waals surface area (Å²) in [6.07, 6.45) is 2.31. The maximum Gasteiger partial charge on any atom is 0.191 e. The van der Waals surface area contributed by atoms with Gasteiger partial charge in [-0.25, -0.2) is 0 Å². The summed E-state index contributed by atoms with van der Waals surface area (Å²) in [5.74, 6) is 0.951. The molecule has 144 valence electrons. The maximum atomic E-state index is 5.33. The zero-order chi connectivity index (χ0) is 18.4. The molecule has 2 fully saturated rings. The first-order valence-electron chi connectivity index (χ1n) is 9.66. The lowest BCUT2D eigenvalue weighted by Crippen LogP contribution is -2.49. The lowest BCUT2D eigenvalue weighted by molar-refractivity contribution is -0.0945. The van der Waals surface area contributed by atoms with Crippen LogP contribution in [0.2, 0.25) is 0 Å². The first-order valence-corrected chi connectivity index (χ1v) is 10.4. The van der Waals surface area contributed by atoms with E-state index in [1.54, 1.807) is 0 Å². The van der Waals surface area contributed by atoms with Crippen molar-refractivity contribution in [2.45, 2.75) is 39.3 Å². The van der Waals surface area contributed by atoms with Crippen LogP contribution in [-0.4, -0.2) is 56.3 Å². The number of aliphatic imine (C=N–C) groups is 1. The number of piperidine rings is 1. The van der Waals surface area contributed by atoms with Gasteiger partial charge in [0.15, 0.2) is 5.96 Å². The molecule has 1 aromatic rings. The molecular weight excluding hydrogens is 392 g/mol. The minimum atomic E-state index is 0.219. The fourth-order valence-electron chi connectivity index (χ4n) is 3.41. The second-order valence-corrected chi connectivity index (χ2v) is 8.74. The number of nitrogens with one attached hydrogen (secondary N) is 2. The fourth-order valence-corrected chi connectivity index (χ4v) is 3.67. The summed E-state index contributed by atoms with van der Waals surface area (Å²) in [6, 6.07) is 9.15. The molecule has 3 rings (SSSR count). The Morgan fingerprint density at radius 2 is 1.96 bits per heavy atom. The average Bonchev–Trinajstić information content (AvgIpc) is 2.62. The highest BCUT2D eigenvalue weighted by Gasteiger charge is 2.33. The van der Waals surface area contributed by atoms with E-state index in [9.17, 15) is 0 Å². The molecule has 0 aromatic heterocycles. The Labute approximate surface area is 165 Å². The Morgan fingerprint density at radius 1 is 1.27 bits per heavy atom. The van der Waals surface area contributed by atoms with E-state index in [0.717, 1.165) is 69.2 Å². The van der Waals surface area contributed by atoms with Crippen LogP contribution >= 0.6 is 15.9 Å². The molecule has 2 saturated heterocycles. The van der Waals surface area contributed by atoms with Crippen molar-refractivity contribution in [2.75, 3.05) is 39.4 Å². The molecule has 0 spiro atoms. The molecule has 0 atom stereocenters. The Bertz CT molecular complexity index is 592. The highest BCUT2D eigenvalue weighted by Crippen LogP contribution is 2.26. The summed E-state index contributed by atoms with van der Waals surface area (Å²) in [6.45, 7) is 11.0. The Kier molecular flexibility index (Phi) is 6.95. The summed E-state index contributed by atoms with van der Waals surface area (Å²) in [4.78, 5) is 7.33. The summed E-state index contributed by atoms with van der Waals surface area (Å²) in [5, 5.41) is 7.02. The number of halogens is 1. The zero-order valence-corrected chi connectivity index (χ0v) is 17.5. The minimum absolute atomic E-state index is 0.219. The van der Waals surface area contributed by atoms with Crippen LogP contribution in [0.4, 0.5) is 0 Å². The third-order valence-electron chi connectivity index (χ3n) is 5.11. The van der Waals surface area contributed by atoms with Gasteiger partial charge in [0.25, 0.3) is 0 Å². The third-order valence-corrected chi connectivity index (χ3v) is 5.64. The number of rotatable bonds is 6. The predicted molar refractivity (Wildman–Crippen MR) is 110 cm³/mol. The number of likely N-dealkylation sites (tertiary alicyclic amines) is 1. The van der Waals surface area contributed by atoms with Crippen LogP contribution < -0.4 is 10.6 Å². The third kappa shape index (κ3) is 5.69. The number of ether oxygens (including phenoxy) is 1. The quantitative estimate of drug-likeness (QED) is 0.546. The highest BCUT2D eigenvalue weighted by atomic mass is 79.9. The molecule has 0 unspecified atom stereocenters. The molecule has 6 heteroatoms. The van der Waals surface area contributed by atoms with Gasteiger partial charge in [-0.2, -0.15) is 0 Å². The van der Waals surface area contributed by atoms with Gasteiger partial charge in [0.2, 0.25) is 0 Å². The number of hydrogen-bond acceptors (Lipinski definition) is 3. The first-order chi connectivity index (χ1) is 12.6. The van der Waals surface area contributed by atoms with E-state index < -0.39 is 0 Å². The van der Waals surface area contributed by atoms with Crippen LogP contribution in [-0.2, 0) is 11.3 Å². The molecule has 2 N–H and O–H groups in total. The van der Waals surface area contributed by atoms with E-state index in [-0.39, 0.29) is 5.41 Å². The zero-order valence-electron chi connectivity index (χ0n) is 15.9. The smallest absolute Gasteiger partial charge is 0.191 e. The molecule has 0 saturated carbocycles. The van der Waals surface area contributed by atoms with Crippen LogP contribution in [0.1, 0.15) is 32.3 Å². The van der Waals surface area contributed by atoms with E-state index in [0.29, 0.717) is 6.04 Å². The molecule has 0 bridgehead atoms. The molecular formula is C20H31BrN4O. The van der Waals surface area contributed by atoms with Gasteiger partial charge >= 0.3 is 0 Å². The maximum absolute atomic E-state index is 5.33. The van der Waals surface area contributed by atoms with Crippen molar-refractivity contribution >= 4 is 21.9 Å². The van der Waals surface area contributed by atoms with Crippen molar-refractivity contribution in [1.29, 1.82) is 0 Å². The number of hydrogen-bond donors (Lipinski definition) is 2. The van der Waals surface area contributed by atoms with Crippen LogP contribution in [0.25, 0.3) is 0 Å². The summed E-state index contributed by atoms with van der Waals surface area (Å²) in [7, 11) is 0. The predicted octanol–water partition coefficient (Wildman–Crippen LogP) is 3.01. The average molecular weight is 423 g/mol. The molecule has 1 aromatic carbocycles. The first kappa shape index (κ1) is 19.6. The molecule has 5 nitrogen and oxygen atoms in total. The molecule has 2 aliphatic rings. The van der Waals surface area contributed by atoms with Gasteiger partial charge in [0, 0.05) is 42.1 Å². The molecule has 0 aliphatic carbocycles. The fraction of sp³-hybridized carbons (Fsp3) is 0.650. The van der Waals surface area contributed by atoms with Crippen molar-refractivity contribution in [3.05, 3.63) is 34.3 Å². The summed E-state index contributed by atoms with van der Waals surface area (Å²) < 4.78 is 6.47. The normalized spacial score (nSPS) is 21.3. The lowest BCUT2D eigenvalue weighted by Gasteiger charge is -2.37. The minimum Gasteiger partial charge on any atom is -0.380 e.